The van der Waals surface area contributed by atoms with Crippen LogP contribution in [0.1, 0.15) is 47.6 Å². The van der Waals surface area contributed by atoms with Gasteiger partial charge in [0, 0.05) is 9.52 Å². The first-order valence-corrected chi connectivity index (χ1v) is 24.4. The molecule has 4 heteroatoms. The molecule has 0 saturated carbocycles. The molecule has 0 N–H and O–H groups in total. The van der Waals surface area contributed by atoms with Gasteiger partial charge in [-0.15, -0.1) is 68.6 Å². The van der Waals surface area contributed by atoms with Gasteiger partial charge in [-0.2, -0.15) is 12.1 Å². The molecule has 7 aromatic rings. The van der Waals surface area contributed by atoms with Crippen LogP contribution in [-0.2, 0) is 20.8 Å². The molecule has 0 bridgehead atoms. The Morgan fingerprint density at radius 1 is 0.596 bits per heavy atom. The molecule has 0 unspecified atom stereocenters. The first-order valence-electron chi connectivity index (χ1n) is 16.1. The molecule has 0 heterocycles. The summed E-state index contributed by atoms with van der Waals surface area (Å²) in [7, 11) is 11.0. The van der Waals surface area contributed by atoms with Gasteiger partial charge in [-0.1, -0.05) is 130 Å². The fourth-order valence-corrected chi connectivity index (χ4v) is 6.23. The molecule has 47 heavy (non-hydrogen) atoms. The molecule has 7 aromatic carbocycles. The average molecular weight is 751 g/mol. The number of rotatable bonds is 3. The Morgan fingerprint density at radius 2 is 1.19 bits per heavy atom. The summed E-state index contributed by atoms with van der Waals surface area (Å²) in [5.41, 5.74) is 12.2. The molecule has 0 aromatic heterocycles. The quantitative estimate of drug-likeness (QED) is 0.125. The number of halogens is 2. The third kappa shape index (κ3) is 9.04. The number of hydrogen-bond donors (Lipinski definition) is 0. The Kier molecular flexibility index (Phi) is 13.9. The van der Waals surface area contributed by atoms with Crippen molar-refractivity contribution in [2.45, 2.75) is 60.6 Å². The van der Waals surface area contributed by atoms with Crippen LogP contribution in [0.4, 0.5) is 0 Å². The maximum atomic E-state index is 4.93. The van der Waals surface area contributed by atoms with Crippen LogP contribution in [0, 0.1) is 27.7 Å². The van der Waals surface area contributed by atoms with Crippen LogP contribution in [-0.4, -0.2) is 9.52 Å². The van der Waals surface area contributed by atoms with E-state index in [4.69, 9.17) is 17.0 Å². The van der Waals surface area contributed by atoms with Crippen LogP contribution in [0.15, 0.2) is 115 Å². The fourth-order valence-electron chi connectivity index (χ4n) is 6.23. The van der Waals surface area contributed by atoms with Crippen molar-refractivity contribution in [1.82, 2.24) is 0 Å². The molecule has 7 rings (SSSR count). The van der Waals surface area contributed by atoms with Gasteiger partial charge in [0.15, 0.2) is 0 Å². The third-order valence-corrected chi connectivity index (χ3v) is 8.44. The predicted molar refractivity (Wildman–Crippen MR) is 210 cm³/mol. The minimum atomic E-state index is -0.826. The number of hydrogen-bond acceptors (Lipinski definition) is 0. The summed E-state index contributed by atoms with van der Waals surface area (Å²) >= 11 is -0.826. The Hall–Kier alpha value is -2.74. The molecule has 0 aliphatic carbocycles. The molecule has 0 atom stereocenters. The molecular weight excluding hydrogens is 707 g/mol. The van der Waals surface area contributed by atoms with E-state index >= 15 is 0 Å². The normalized spacial score (nSPS) is 10.5. The third-order valence-electron chi connectivity index (χ3n) is 8.44. The molecule has 0 aliphatic heterocycles. The van der Waals surface area contributed by atoms with Gasteiger partial charge in [0.2, 0.25) is 0 Å². The Labute approximate surface area is 303 Å². The molecule has 0 spiro atoms. The Balaban J connectivity index is 0.000000184. The molecule has 0 nitrogen and oxygen atoms in total. The van der Waals surface area contributed by atoms with Gasteiger partial charge in [-0.3, -0.25) is 0 Å². The van der Waals surface area contributed by atoms with E-state index in [0.717, 1.165) is 9.52 Å². The van der Waals surface area contributed by atoms with E-state index in [2.05, 4.69) is 170 Å². The predicted octanol–water partition coefficient (Wildman–Crippen LogP) is 14.1. The van der Waals surface area contributed by atoms with Gasteiger partial charge in [0.1, 0.15) is 0 Å². The molecule has 2 radical (unpaired) electrons. The van der Waals surface area contributed by atoms with Gasteiger partial charge < -0.3 is 0 Å². The average Bonchev–Trinajstić information content (AvgIpc) is 3.67. The van der Waals surface area contributed by atoms with Crippen LogP contribution < -0.4 is 0 Å². The van der Waals surface area contributed by atoms with Crippen LogP contribution in [0.25, 0.3) is 54.6 Å². The van der Waals surface area contributed by atoms with Gasteiger partial charge in [-0.05, 0) is 47.2 Å². The van der Waals surface area contributed by atoms with Crippen molar-refractivity contribution in [3.8, 4) is 22.3 Å². The van der Waals surface area contributed by atoms with E-state index in [-0.39, 0.29) is 0 Å². The summed E-state index contributed by atoms with van der Waals surface area (Å²) in [6.45, 7) is 17.5. The first kappa shape index (κ1) is 37.1. The summed E-state index contributed by atoms with van der Waals surface area (Å²) in [5, 5.41) is 8.09. The van der Waals surface area contributed by atoms with E-state index in [0.29, 0.717) is 5.92 Å². The standard InChI is InChI=1S/C22H19.C19H19.C2H6Si.2ClH.Zr/c1-15(2)18-13-17-9-6-12-21(22(17)14-18)20-11-5-8-16-7-3-4-10-19(16)20;1-12-5-7-16(15(4)9-12)17-8-6-14(3)18-10-13(2)11-19(17)18;1-3-2;;;/h3-15H,1-2H3;5-11H,1-4H3;1-2H3;2*1H;/q2*-1;;;;+4/p-2. The number of benzene rings is 5. The zero-order chi connectivity index (χ0) is 34.1. The van der Waals surface area contributed by atoms with Crippen LogP contribution >= 0.6 is 17.0 Å². The second-order valence-electron chi connectivity index (χ2n) is 12.5. The van der Waals surface area contributed by atoms with E-state index in [1.807, 2.05) is 0 Å². The van der Waals surface area contributed by atoms with Gasteiger partial charge in [0.05, 0.1) is 0 Å². The Morgan fingerprint density at radius 3 is 1.87 bits per heavy atom. The zero-order valence-electron chi connectivity index (χ0n) is 28.8. The van der Waals surface area contributed by atoms with Gasteiger partial charge >= 0.3 is 37.9 Å². The first-order chi connectivity index (χ1) is 22.6. The topological polar surface area (TPSA) is 0 Å². The number of fused-ring (bicyclic) bond motifs is 3. The minimum absolute atomic E-state index is 0.563. The van der Waals surface area contributed by atoms with Crippen LogP contribution in [0.2, 0.25) is 13.1 Å². The SMILES string of the molecule is CC(C)c1cc2c(-c3cccc4ccccc34)cccc2[cH-]1.C[Si]C.Cc1ccc(-c2ccc(C)c3[cH-]c(C)cc23)c(C)c1.[Cl][Zr+2][Cl]. The molecule has 0 fully saturated rings. The molecule has 0 amide bonds. The van der Waals surface area contributed by atoms with E-state index in [9.17, 15) is 0 Å². The fraction of sp³-hybridized carbons (Fsp3) is 0.209. The van der Waals surface area contributed by atoms with Crippen LogP contribution in [0.3, 0.4) is 0 Å². The van der Waals surface area contributed by atoms with E-state index in [1.54, 1.807) is 0 Å². The monoisotopic (exact) mass is 748 g/mol. The second kappa shape index (κ2) is 17.6. The van der Waals surface area contributed by atoms with Crippen molar-refractivity contribution < 1.29 is 20.8 Å². The van der Waals surface area contributed by atoms with Crippen molar-refractivity contribution in [1.29, 1.82) is 0 Å². The van der Waals surface area contributed by atoms with Crippen molar-refractivity contribution in [2.75, 3.05) is 0 Å². The van der Waals surface area contributed by atoms with Crippen LogP contribution in [0.5, 0.6) is 0 Å². The Bertz CT molecular complexity index is 2060. The van der Waals surface area contributed by atoms with E-state index < -0.39 is 20.8 Å². The van der Waals surface area contributed by atoms with Crippen molar-refractivity contribution in [3.63, 3.8) is 0 Å². The summed E-state index contributed by atoms with van der Waals surface area (Å²) < 4.78 is 0. The summed E-state index contributed by atoms with van der Waals surface area (Å²) in [4.78, 5) is 0. The van der Waals surface area contributed by atoms with Crippen molar-refractivity contribution in [2.24, 2.45) is 0 Å². The zero-order valence-corrected chi connectivity index (χ0v) is 33.8. The van der Waals surface area contributed by atoms with Crippen molar-refractivity contribution >= 4 is 58.9 Å². The summed E-state index contributed by atoms with van der Waals surface area (Å²) in [6.07, 6.45) is 0. The van der Waals surface area contributed by atoms with E-state index in [1.165, 1.54) is 82.4 Å². The van der Waals surface area contributed by atoms with Gasteiger partial charge in [0.25, 0.3) is 0 Å². The van der Waals surface area contributed by atoms with Gasteiger partial charge in [-0.25, -0.2) is 0 Å². The maximum absolute atomic E-state index is 4.93. The molecule has 0 aliphatic rings. The number of aryl methyl sites for hydroxylation is 4. The second-order valence-corrected chi connectivity index (χ2v) is 17.2. The van der Waals surface area contributed by atoms with Crippen molar-refractivity contribution in [3.05, 3.63) is 143 Å². The molecular formula is C43H44Cl2SiZr. The molecule has 0 saturated heterocycles. The molecule has 238 valence electrons. The summed E-state index contributed by atoms with van der Waals surface area (Å²) in [6, 6.07) is 42.3. The summed E-state index contributed by atoms with van der Waals surface area (Å²) in [5.74, 6) is 0.563.